The van der Waals surface area contributed by atoms with Gasteiger partial charge < -0.3 is 20.1 Å². The van der Waals surface area contributed by atoms with Crippen molar-refractivity contribution in [1.82, 2.24) is 5.32 Å². The van der Waals surface area contributed by atoms with E-state index in [-0.39, 0.29) is 23.6 Å². The van der Waals surface area contributed by atoms with Gasteiger partial charge in [-0.25, -0.2) is 4.79 Å². The predicted octanol–water partition coefficient (Wildman–Crippen LogP) is 5.89. The lowest BCUT2D eigenvalue weighted by Gasteiger charge is -2.42. The van der Waals surface area contributed by atoms with Crippen molar-refractivity contribution in [2.24, 2.45) is 0 Å². The third-order valence-electron chi connectivity index (χ3n) is 5.97. The molecule has 7 heteroatoms. The van der Waals surface area contributed by atoms with E-state index in [9.17, 15) is 9.59 Å². The largest absolute Gasteiger partial charge is 0.493 e. The van der Waals surface area contributed by atoms with E-state index in [4.69, 9.17) is 9.47 Å². The molecule has 2 aromatic carbocycles. The van der Waals surface area contributed by atoms with Crippen LogP contribution >= 0.6 is 11.3 Å². The molecule has 4 rings (SSSR count). The zero-order chi connectivity index (χ0) is 24.7. The Bertz CT molecular complexity index is 1260. The molecule has 0 saturated heterocycles. The number of carbonyl (C=O) groups is 2. The van der Waals surface area contributed by atoms with Crippen LogP contribution in [0.4, 0.5) is 5.00 Å². The number of hydrogen-bond donors (Lipinski definition) is 2. The van der Waals surface area contributed by atoms with Gasteiger partial charge in [-0.1, -0.05) is 30.3 Å². The van der Waals surface area contributed by atoms with Crippen molar-refractivity contribution >= 4 is 39.0 Å². The number of amides is 1. The number of nitrogens with one attached hydrogen (secondary N) is 2. The van der Waals surface area contributed by atoms with E-state index >= 15 is 0 Å². The first-order chi connectivity index (χ1) is 16.1. The molecule has 0 spiro atoms. The Hall–Kier alpha value is -2.90. The molecule has 0 fully saturated rings. The van der Waals surface area contributed by atoms with Crippen LogP contribution in [0.25, 0.3) is 10.8 Å². The average molecular weight is 481 g/mol. The summed E-state index contributed by atoms with van der Waals surface area (Å²) in [7, 11) is 0. The summed E-state index contributed by atoms with van der Waals surface area (Å²) in [4.78, 5) is 27.8. The zero-order valence-electron chi connectivity index (χ0n) is 20.6. The second-order valence-corrected chi connectivity index (χ2v) is 10.7. The first-order valence-electron chi connectivity index (χ1n) is 11.7. The Morgan fingerprint density at radius 2 is 1.76 bits per heavy atom. The van der Waals surface area contributed by atoms with Crippen molar-refractivity contribution in [3.8, 4) is 5.75 Å². The maximum absolute atomic E-state index is 13.7. The molecular weight excluding hydrogens is 448 g/mol. The standard InChI is InChI=1S/C27H32N2O4S/c1-7-32-19-14-13-16-11-9-10-12-17(16)20(19)23(30)28-24-21(25(31)33-8-2)18-15-26(3,4)29-27(5,6)22(18)34-24/h9-14,29H,7-8,15H2,1-6H3,(H,28,30). The Morgan fingerprint density at radius 3 is 2.47 bits per heavy atom. The molecule has 0 aliphatic carbocycles. The van der Waals surface area contributed by atoms with Gasteiger partial charge in [0.2, 0.25) is 0 Å². The molecule has 2 heterocycles. The van der Waals surface area contributed by atoms with Gasteiger partial charge in [0.1, 0.15) is 10.8 Å². The fourth-order valence-electron chi connectivity index (χ4n) is 4.96. The van der Waals surface area contributed by atoms with Crippen molar-refractivity contribution in [2.45, 2.75) is 59.0 Å². The van der Waals surface area contributed by atoms with Crippen LogP contribution < -0.4 is 15.4 Å². The zero-order valence-corrected chi connectivity index (χ0v) is 21.4. The fourth-order valence-corrected chi connectivity index (χ4v) is 6.22. The smallest absolute Gasteiger partial charge is 0.341 e. The molecule has 0 bridgehead atoms. The van der Waals surface area contributed by atoms with Crippen molar-refractivity contribution in [1.29, 1.82) is 0 Å². The van der Waals surface area contributed by atoms with Crippen LogP contribution in [0.5, 0.6) is 5.75 Å². The SMILES string of the molecule is CCOC(=O)c1c(NC(=O)c2c(OCC)ccc3ccccc23)sc2c1CC(C)(C)NC2(C)C. The number of thiophene rings is 1. The number of rotatable bonds is 6. The summed E-state index contributed by atoms with van der Waals surface area (Å²) >= 11 is 1.44. The summed E-state index contributed by atoms with van der Waals surface area (Å²) in [6.07, 6.45) is 0.657. The van der Waals surface area contributed by atoms with E-state index in [0.29, 0.717) is 34.9 Å². The van der Waals surface area contributed by atoms with Gasteiger partial charge in [-0.3, -0.25) is 4.79 Å². The average Bonchev–Trinajstić information content (AvgIpc) is 3.10. The lowest BCUT2D eigenvalue weighted by molar-refractivity contribution is 0.0525. The predicted molar refractivity (Wildman–Crippen MR) is 137 cm³/mol. The molecule has 2 N–H and O–H groups in total. The second kappa shape index (κ2) is 9.04. The molecule has 0 unspecified atom stereocenters. The van der Waals surface area contributed by atoms with Gasteiger partial charge in [-0.15, -0.1) is 11.3 Å². The highest BCUT2D eigenvalue weighted by molar-refractivity contribution is 7.17. The molecule has 180 valence electrons. The molecule has 1 aromatic heterocycles. The van der Waals surface area contributed by atoms with Crippen molar-refractivity contribution < 1.29 is 19.1 Å². The Balaban J connectivity index is 1.84. The topological polar surface area (TPSA) is 76.7 Å². The monoisotopic (exact) mass is 480 g/mol. The first-order valence-corrected chi connectivity index (χ1v) is 12.5. The van der Waals surface area contributed by atoms with E-state index < -0.39 is 5.97 Å². The minimum atomic E-state index is -0.410. The normalized spacial score (nSPS) is 16.1. The van der Waals surface area contributed by atoms with Crippen molar-refractivity contribution in [3.63, 3.8) is 0 Å². The van der Waals surface area contributed by atoms with Gasteiger partial charge in [0.15, 0.2) is 0 Å². The summed E-state index contributed by atoms with van der Waals surface area (Å²) in [5.74, 6) is -0.206. The third-order valence-corrected chi connectivity index (χ3v) is 7.44. The van der Waals surface area contributed by atoms with E-state index in [0.717, 1.165) is 21.2 Å². The number of fused-ring (bicyclic) bond motifs is 2. The number of esters is 1. The Morgan fingerprint density at radius 1 is 1.03 bits per heavy atom. The minimum absolute atomic E-state index is 0.210. The summed E-state index contributed by atoms with van der Waals surface area (Å²) in [5.41, 5.74) is 1.28. The van der Waals surface area contributed by atoms with Crippen LogP contribution in [0.2, 0.25) is 0 Å². The molecule has 0 radical (unpaired) electrons. The van der Waals surface area contributed by atoms with Gasteiger partial charge in [0, 0.05) is 16.0 Å². The van der Waals surface area contributed by atoms with E-state index in [1.54, 1.807) is 6.92 Å². The van der Waals surface area contributed by atoms with Gasteiger partial charge in [-0.05, 0) is 70.4 Å². The summed E-state index contributed by atoms with van der Waals surface area (Å²) in [5, 5.41) is 8.96. The maximum Gasteiger partial charge on any atom is 0.341 e. The number of carbonyl (C=O) groups excluding carboxylic acids is 2. The van der Waals surface area contributed by atoms with E-state index in [1.165, 1.54) is 11.3 Å². The summed E-state index contributed by atoms with van der Waals surface area (Å²) in [6.45, 7) is 12.8. The van der Waals surface area contributed by atoms with Crippen LogP contribution in [0.15, 0.2) is 36.4 Å². The molecule has 1 amide bonds. The van der Waals surface area contributed by atoms with E-state index in [2.05, 4.69) is 38.3 Å². The van der Waals surface area contributed by atoms with Crippen molar-refractivity contribution in [2.75, 3.05) is 18.5 Å². The van der Waals surface area contributed by atoms with Crippen molar-refractivity contribution in [3.05, 3.63) is 58.0 Å². The summed E-state index contributed by atoms with van der Waals surface area (Å²) in [6, 6.07) is 11.5. The van der Waals surface area contributed by atoms with Crippen LogP contribution in [-0.4, -0.2) is 30.6 Å². The highest BCUT2D eigenvalue weighted by atomic mass is 32.1. The highest BCUT2D eigenvalue weighted by Crippen LogP contribution is 2.45. The second-order valence-electron chi connectivity index (χ2n) is 9.69. The van der Waals surface area contributed by atoms with Crippen LogP contribution in [0.3, 0.4) is 0 Å². The number of hydrogen-bond acceptors (Lipinski definition) is 6. The molecule has 3 aromatic rings. The van der Waals surface area contributed by atoms with Crippen LogP contribution in [-0.2, 0) is 16.7 Å². The Kier molecular flexibility index (Phi) is 6.44. The number of benzene rings is 2. The van der Waals surface area contributed by atoms with Gasteiger partial charge in [-0.2, -0.15) is 0 Å². The lowest BCUT2D eigenvalue weighted by atomic mass is 9.81. The number of anilines is 1. The molecular formula is C27H32N2O4S. The molecule has 1 aliphatic rings. The number of ether oxygens (including phenoxy) is 2. The lowest BCUT2D eigenvalue weighted by Crippen LogP contribution is -2.55. The molecule has 1 aliphatic heterocycles. The van der Waals surface area contributed by atoms with Gasteiger partial charge in [0.25, 0.3) is 5.91 Å². The molecule has 34 heavy (non-hydrogen) atoms. The highest BCUT2D eigenvalue weighted by Gasteiger charge is 2.42. The molecule has 0 saturated carbocycles. The van der Waals surface area contributed by atoms with Gasteiger partial charge in [0.05, 0.1) is 24.3 Å². The van der Waals surface area contributed by atoms with Crippen LogP contribution in [0, 0.1) is 0 Å². The molecule has 0 atom stereocenters. The van der Waals surface area contributed by atoms with E-state index in [1.807, 2.05) is 43.3 Å². The van der Waals surface area contributed by atoms with Crippen LogP contribution in [0.1, 0.15) is 72.7 Å². The molecule has 6 nitrogen and oxygen atoms in total. The minimum Gasteiger partial charge on any atom is -0.493 e. The quantitative estimate of drug-likeness (QED) is 0.430. The third kappa shape index (κ3) is 4.42. The fraction of sp³-hybridized carbons (Fsp3) is 0.407. The Labute approximate surface area is 204 Å². The maximum atomic E-state index is 13.7. The summed E-state index contributed by atoms with van der Waals surface area (Å²) < 4.78 is 11.2. The van der Waals surface area contributed by atoms with Gasteiger partial charge >= 0.3 is 5.97 Å². The first kappa shape index (κ1) is 24.2.